The number of aromatic nitrogens is 1. The molecule has 1 aliphatic heterocycles. The highest BCUT2D eigenvalue weighted by Crippen LogP contribution is 2.23. The van der Waals surface area contributed by atoms with Crippen LogP contribution >= 0.6 is 11.6 Å². The molecule has 112 valence electrons. The van der Waals surface area contributed by atoms with Crippen molar-refractivity contribution in [3.8, 4) is 11.8 Å². The monoisotopic (exact) mass is 311 g/mol. The lowest BCUT2D eigenvalue weighted by molar-refractivity contribution is 0.287. The maximum absolute atomic E-state index is 6.21. The zero-order chi connectivity index (χ0) is 15.2. The van der Waals surface area contributed by atoms with Crippen molar-refractivity contribution in [1.29, 1.82) is 0 Å². The van der Waals surface area contributed by atoms with Crippen LogP contribution in [-0.4, -0.2) is 42.6 Å². The molecule has 1 aromatic carbocycles. The number of nitrogens with zero attached hydrogens (tertiary/aromatic N) is 3. The average molecular weight is 312 g/mol. The van der Waals surface area contributed by atoms with Crippen molar-refractivity contribution in [2.75, 3.05) is 37.6 Å². The molecule has 0 aliphatic carbocycles. The molecule has 0 bridgehead atoms. The van der Waals surface area contributed by atoms with Crippen LogP contribution in [0.15, 0.2) is 48.7 Å². The summed E-state index contributed by atoms with van der Waals surface area (Å²) in [6.45, 7) is 4.64. The minimum Gasteiger partial charge on any atom is -0.353 e. The van der Waals surface area contributed by atoms with Crippen LogP contribution in [0.3, 0.4) is 0 Å². The minimum absolute atomic E-state index is 0.722. The van der Waals surface area contributed by atoms with E-state index in [1.807, 2.05) is 42.5 Å². The second-order valence-corrected chi connectivity index (χ2v) is 5.65. The van der Waals surface area contributed by atoms with Gasteiger partial charge in [-0.1, -0.05) is 41.6 Å². The van der Waals surface area contributed by atoms with Gasteiger partial charge in [0.15, 0.2) is 0 Å². The van der Waals surface area contributed by atoms with Crippen molar-refractivity contribution >= 4 is 17.4 Å². The molecular weight excluding hydrogens is 294 g/mol. The number of benzene rings is 1. The molecule has 22 heavy (non-hydrogen) atoms. The number of rotatable bonds is 2. The maximum Gasteiger partial charge on any atom is 0.147 e. The van der Waals surface area contributed by atoms with Crippen LogP contribution in [-0.2, 0) is 0 Å². The molecule has 4 heteroatoms. The van der Waals surface area contributed by atoms with Gasteiger partial charge in [0, 0.05) is 37.9 Å². The van der Waals surface area contributed by atoms with E-state index in [0.29, 0.717) is 0 Å². The van der Waals surface area contributed by atoms with Crippen molar-refractivity contribution in [2.24, 2.45) is 0 Å². The smallest absolute Gasteiger partial charge is 0.147 e. The lowest BCUT2D eigenvalue weighted by Crippen LogP contribution is -2.46. The van der Waals surface area contributed by atoms with Crippen LogP contribution in [0.4, 0.5) is 5.82 Å². The predicted octanol–water partition coefficient (Wildman–Crippen LogP) is 2.91. The second kappa shape index (κ2) is 7.31. The van der Waals surface area contributed by atoms with E-state index < -0.39 is 0 Å². The van der Waals surface area contributed by atoms with Crippen LogP contribution in [0.25, 0.3) is 0 Å². The molecule has 1 aliphatic rings. The number of hydrogen-bond acceptors (Lipinski definition) is 3. The Hall–Kier alpha value is -2.02. The molecule has 0 saturated carbocycles. The first-order valence-corrected chi connectivity index (χ1v) is 7.82. The van der Waals surface area contributed by atoms with Gasteiger partial charge >= 0.3 is 0 Å². The number of piperazine rings is 1. The van der Waals surface area contributed by atoms with E-state index in [2.05, 4.69) is 26.6 Å². The van der Waals surface area contributed by atoms with Gasteiger partial charge in [0.05, 0.1) is 11.6 Å². The van der Waals surface area contributed by atoms with Gasteiger partial charge in [0.2, 0.25) is 0 Å². The second-order valence-electron chi connectivity index (χ2n) is 5.24. The van der Waals surface area contributed by atoms with Crippen molar-refractivity contribution in [2.45, 2.75) is 0 Å². The van der Waals surface area contributed by atoms with E-state index in [0.717, 1.165) is 49.1 Å². The van der Waals surface area contributed by atoms with Gasteiger partial charge in [-0.25, -0.2) is 4.98 Å². The summed E-state index contributed by atoms with van der Waals surface area (Å²) in [5.41, 5.74) is 1.07. The largest absolute Gasteiger partial charge is 0.353 e. The fourth-order valence-electron chi connectivity index (χ4n) is 2.50. The number of hydrogen-bond donors (Lipinski definition) is 0. The molecule has 0 radical (unpaired) electrons. The number of halogens is 1. The Bertz CT molecular complexity index is 667. The van der Waals surface area contributed by atoms with Crippen molar-refractivity contribution in [1.82, 2.24) is 9.88 Å². The zero-order valence-corrected chi connectivity index (χ0v) is 13.1. The number of pyridine rings is 1. The molecule has 3 nitrogen and oxygen atoms in total. The third kappa shape index (κ3) is 3.79. The summed E-state index contributed by atoms with van der Waals surface area (Å²) in [4.78, 5) is 8.98. The van der Waals surface area contributed by atoms with E-state index in [1.54, 1.807) is 6.20 Å². The van der Waals surface area contributed by atoms with Crippen molar-refractivity contribution in [3.63, 3.8) is 0 Å². The van der Waals surface area contributed by atoms with Crippen LogP contribution in [0.5, 0.6) is 0 Å². The summed E-state index contributed by atoms with van der Waals surface area (Å²) >= 11 is 6.21. The van der Waals surface area contributed by atoms with Crippen molar-refractivity contribution < 1.29 is 0 Å². The Morgan fingerprint density at radius 1 is 1.00 bits per heavy atom. The summed E-state index contributed by atoms with van der Waals surface area (Å²) in [5.74, 6) is 7.35. The molecule has 0 N–H and O–H groups in total. The topological polar surface area (TPSA) is 19.4 Å². The molecule has 1 aromatic heterocycles. The molecule has 3 rings (SSSR count). The highest BCUT2D eigenvalue weighted by Gasteiger charge is 2.18. The molecule has 0 spiro atoms. The number of anilines is 1. The first-order chi connectivity index (χ1) is 10.8. The average Bonchev–Trinajstić information content (AvgIpc) is 2.57. The summed E-state index contributed by atoms with van der Waals surface area (Å²) < 4.78 is 0. The van der Waals surface area contributed by atoms with Crippen LogP contribution in [0.2, 0.25) is 5.02 Å². The van der Waals surface area contributed by atoms with Gasteiger partial charge in [-0.3, -0.25) is 4.90 Å². The van der Waals surface area contributed by atoms with E-state index >= 15 is 0 Å². The van der Waals surface area contributed by atoms with Gasteiger partial charge in [-0.05, 0) is 24.3 Å². The Balaban J connectivity index is 1.52. The van der Waals surface area contributed by atoms with E-state index in [9.17, 15) is 0 Å². The maximum atomic E-state index is 6.21. The molecule has 0 atom stereocenters. The fraction of sp³-hybridized carbons (Fsp3) is 0.278. The normalized spacial score (nSPS) is 15.2. The van der Waals surface area contributed by atoms with Crippen LogP contribution < -0.4 is 4.90 Å². The Labute approximate surface area is 136 Å². The molecular formula is C18H18ClN3. The van der Waals surface area contributed by atoms with Gasteiger partial charge in [-0.2, -0.15) is 0 Å². The first kappa shape index (κ1) is 14.9. The third-order valence-electron chi connectivity index (χ3n) is 3.72. The van der Waals surface area contributed by atoms with Crippen molar-refractivity contribution in [3.05, 3.63) is 59.2 Å². The molecule has 2 aromatic rings. The van der Waals surface area contributed by atoms with E-state index in [1.165, 1.54) is 0 Å². The molecule has 2 heterocycles. The minimum atomic E-state index is 0.722. The summed E-state index contributed by atoms with van der Waals surface area (Å²) in [5, 5.41) is 0.722. The highest BCUT2D eigenvalue weighted by atomic mass is 35.5. The first-order valence-electron chi connectivity index (χ1n) is 7.45. The lowest BCUT2D eigenvalue weighted by atomic mass is 10.2. The lowest BCUT2D eigenvalue weighted by Gasteiger charge is -2.34. The third-order valence-corrected chi connectivity index (χ3v) is 4.02. The quantitative estimate of drug-likeness (QED) is 0.795. The van der Waals surface area contributed by atoms with Gasteiger partial charge in [0.1, 0.15) is 5.82 Å². The molecule has 1 fully saturated rings. The summed E-state index contributed by atoms with van der Waals surface area (Å²) in [6, 6.07) is 13.9. The molecule has 0 amide bonds. The van der Waals surface area contributed by atoms with E-state index in [-0.39, 0.29) is 0 Å². The highest BCUT2D eigenvalue weighted by molar-refractivity contribution is 6.32. The van der Waals surface area contributed by atoms with Gasteiger partial charge in [0.25, 0.3) is 0 Å². The Morgan fingerprint density at radius 2 is 1.77 bits per heavy atom. The molecule has 1 saturated heterocycles. The van der Waals surface area contributed by atoms with Crippen LogP contribution in [0, 0.1) is 11.8 Å². The summed E-state index contributed by atoms with van der Waals surface area (Å²) in [7, 11) is 0. The molecule has 0 unspecified atom stereocenters. The standard InChI is InChI=1S/C18H18ClN3/c19-17-9-4-10-20-18(17)22-14-12-21(13-15-22)11-5-8-16-6-2-1-3-7-16/h1-4,6-7,9-10H,11-15H2. The zero-order valence-electron chi connectivity index (χ0n) is 12.4. The van der Waals surface area contributed by atoms with E-state index in [4.69, 9.17) is 11.6 Å². The Kier molecular flexibility index (Phi) is 4.95. The van der Waals surface area contributed by atoms with Gasteiger partial charge in [-0.15, -0.1) is 0 Å². The Morgan fingerprint density at radius 3 is 2.50 bits per heavy atom. The summed E-state index contributed by atoms with van der Waals surface area (Å²) in [6.07, 6.45) is 1.79. The van der Waals surface area contributed by atoms with Gasteiger partial charge < -0.3 is 4.90 Å². The fourth-order valence-corrected chi connectivity index (χ4v) is 2.74. The predicted molar refractivity (Wildman–Crippen MR) is 91.2 cm³/mol. The van der Waals surface area contributed by atoms with Crippen LogP contribution in [0.1, 0.15) is 5.56 Å². The SMILES string of the molecule is Clc1cccnc1N1CCN(CC#Cc2ccccc2)CC1.